The molecule has 1 aliphatic rings. The van der Waals surface area contributed by atoms with Gasteiger partial charge in [-0.05, 0) is 86.7 Å². The average Bonchev–Trinajstić information content (AvgIpc) is 3.25. The standard InChI is InChI=1S/C30H35N2O2/c1-7-26-8-10-27(11-9-26)33-14-15-34-28-18-24(5)30(25(6)19-28)32-13-12-31(20-32)29-22(3)16-21(2)17-23(29)4/h7-11,16-20H,1,12-15H2,2-6H3/q+1. The fourth-order valence-corrected chi connectivity index (χ4v) is 4.94. The summed E-state index contributed by atoms with van der Waals surface area (Å²) < 4.78 is 14.2. The van der Waals surface area contributed by atoms with Crippen molar-refractivity contribution in [1.82, 2.24) is 0 Å². The van der Waals surface area contributed by atoms with E-state index in [0.717, 1.165) is 30.2 Å². The van der Waals surface area contributed by atoms with Crippen LogP contribution in [0.25, 0.3) is 6.08 Å². The van der Waals surface area contributed by atoms with Gasteiger partial charge in [0.2, 0.25) is 6.34 Å². The highest BCUT2D eigenvalue weighted by Crippen LogP contribution is 2.32. The summed E-state index contributed by atoms with van der Waals surface area (Å²) in [6, 6.07) is 16.7. The van der Waals surface area contributed by atoms with E-state index in [9.17, 15) is 0 Å². The second kappa shape index (κ2) is 10.2. The van der Waals surface area contributed by atoms with Gasteiger partial charge in [0, 0.05) is 0 Å². The zero-order chi connectivity index (χ0) is 24.2. The number of aryl methyl sites for hydroxylation is 5. The molecule has 176 valence electrons. The van der Waals surface area contributed by atoms with Crippen molar-refractivity contribution in [1.29, 1.82) is 0 Å². The summed E-state index contributed by atoms with van der Waals surface area (Å²) in [5.74, 6) is 1.72. The summed E-state index contributed by atoms with van der Waals surface area (Å²) in [6.45, 7) is 17.6. The lowest BCUT2D eigenvalue weighted by Crippen LogP contribution is -2.20. The van der Waals surface area contributed by atoms with Crippen molar-refractivity contribution in [3.63, 3.8) is 0 Å². The van der Waals surface area contributed by atoms with Gasteiger partial charge in [0.1, 0.15) is 49.2 Å². The first kappa shape index (κ1) is 23.6. The molecular formula is C30H35N2O2+. The molecule has 4 heteroatoms. The summed E-state index contributed by atoms with van der Waals surface area (Å²) in [6.07, 6.45) is 4.08. The Morgan fingerprint density at radius 3 is 2.00 bits per heavy atom. The fourth-order valence-electron chi connectivity index (χ4n) is 4.94. The molecule has 0 fully saturated rings. The van der Waals surface area contributed by atoms with Crippen molar-refractivity contribution in [2.45, 2.75) is 34.6 Å². The predicted octanol–water partition coefficient (Wildman–Crippen LogP) is 6.52. The first-order valence-corrected chi connectivity index (χ1v) is 11.9. The first-order valence-electron chi connectivity index (χ1n) is 11.9. The van der Waals surface area contributed by atoms with Crippen molar-refractivity contribution in [2.24, 2.45) is 0 Å². The first-order chi connectivity index (χ1) is 16.4. The van der Waals surface area contributed by atoms with Gasteiger partial charge in [0.05, 0.1) is 0 Å². The Morgan fingerprint density at radius 1 is 0.824 bits per heavy atom. The molecule has 0 spiro atoms. The molecule has 0 aromatic heterocycles. The summed E-state index contributed by atoms with van der Waals surface area (Å²) in [5, 5.41) is 0. The molecule has 0 radical (unpaired) electrons. The van der Waals surface area contributed by atoms with Gasteiger partial charge in [0.15, 0.2) is 0 Å². The van der Waals surface area contributed by atoms with Crippen LogP contribution in [0.4, 0.5) is 11.4 Å². The van der Waals surface area contributed by atoms with Gasteiger partial charge >= 0.3 is 0 Å². The third kappa shape index (κ3) is 5.17. The minimum atomic E-state index is 0.497. The van der Waals surface area contributed by atoms with Gasteiger partial charge in [-0.15, -0.1) is 0 Å². The van der Waals surface area contributed by atoms with E-state index in [-0.39, 0.29) is 0 Å². The maximum Gasteiger partial charge on any atom is 0.244 e. The van der Waals surface area contributed by atoms with Crippen molar-refractivity contribution < 1.29 is 14.0 Å². The van der Waals surface area contributed by atoms with E-state index in [1.165, 1.54) is 39.2 Å². The molecule has 0 saturated heterocycles. The zero-order valence-electron chi connectivity index (χ0n) is 21.0. The smallest absolute Gasteiger partial charge is 0.244 e. The van der Waals surface area contributed by atoms with E-state index in [1.54, 1.807) is 0 Å². The molecule has 0 bridgehead atoms. The molecule has 1 heterocycles. The van der Waals surface area contributed by atoms with E-state index in [0.29, 0.717) is 13.2 Å². The van der Waals surface area contributed by atoms with Crippen LogP contribution in [0.15, 0.2) is 55.1 Å². The molecule has 4 nitrogen and oxygen atoms in total. The van der Waals surface area contributed by atoms with Crippen LogP contribution in [0.2, 0.25) is 0 Å². The monoisotopic (exact) mass is 455 g/mol. The van der Waals surface area contributed by atoms with Crippen molar-refractivity contribution in [3.05, 3.63) is 88.5 Å². The molecule has 0 N–H and O–H groups in total. The Kier molecular flexibility index (Phi) is 7.06. The number of hydrogen-bond acceptors (Lipinski definition) is 3. The van der Waals surface area contributed by atoms with Gasteiger partial charge in [0.25, 0.3) is 0 Å². The van der Waals surface area contributed by atoms with E-state index < -0.39 is 0 Å². The highest BCUT2D eigenvalue weighted by molar-refractivity contribution is 5.82. The molecule has 0 amide bonds. The Hall–Kier alpha value is -3.53. The second-order valence-electron chi connectivity index (χ2n) is 9.13. The number of hydrogen-bond donors (Lipinski definition) is 0. The molecule has 0 atom stereocenters. The number of ether oxygens (including phenoxy) is 2. The average molecular weight is 456 g/mol. The Balaban J connectivity index is 1.42. The minimum absolute atomic E-state index is 0.497. The van der Waals surface area contributed by atoms with E-state index in [2.05, 4.69) is 81.3 Å². The molecule has 3 aromatic carbocycles. The molecule has 0 saturated carbocycles. The van der Waals surface area contributed by atoms with E-state index in [4.69, 9.17) is 9.47 Å². The molecular weight excluding hydrogens is 420 g/mol. The van der Waals surface area contributed by atoms with Gasteiger partial charge in [-0.2, -0.15) is 0 Å². The SMILES string of the molecule is C=Cc1ccc(OCCOc2cc(C)c(N3C=[N+](c4c(C)cc(C)cc4C)CC3)c(C)c2)cc1. The molecule has 0 unspecified atom stereocenters. The summed E-state index contributed by atoms with van der Waals surface area (Å²) in [5.41, 5.74) is 10.1. The van der Waals surface area contributed by atoms with Crippen molar-refractivity contribution >= 4 is 23.8 Å². The van der Waals surface area contributed by atoms with Crippen LogP contribution < -0.4 is 14.4 Å². The molecule has 3 aromatic rings. The second-order valence-corrected chi connectivity index (χ2v) is 9.13. The van der Waals surface area contributed by atoms with Crippen molar-refractivity contribution in [2.75, 3.05) is 31.2 Å². The highest BCUT2D eigenvalue weighted by atomic mass is 16.5. The lowest BCUT2D eigenvalue weighted by molar-refractivity contribution is -0.425. The van der Waals surface area contributed by atoms with Crippen molar-refractivity contribution in [3.8, 4) is 11.5 Å². The maximum atomic E-state index is 6.00. The summed E-state index contributed by atoms with van der Waals surface area (Å²) in [7, 11) is 0. The zero-order valence-corrected chi connectivity index (χ0v) is 21.0. The molecule has 4 rings (SSSR count). The van der Waals surface area contributed by atoms with Gasteiger partial charge in [-0.1, -0.05) is 42.5 Å². The van der Waals surface area contributed by atoms with Crippen LogP contribution in [0.5, 0.6) is 11.5 Å². The summed E-state index contributed by atoms with van der Waals surface area (Å²) in [4.78, 5) is 2.36. The Labute approximate surface area is 203 Å². The van der Waals surface area contributed by atoms with Crippen LogP contribution in [-0.4, -0.2) is 37.2 Å². The topological polar surface area (TPSA) is 24.7 Å². The lowest BCUT2D eigenvalue weighted by atomic mass is 10.0. The lowest BCUT2D eigenvalue weighted by Gasteiger charge is -2.15. The van der Waals surface area contributed by atoms with Crippen LogP contribution in [0, 0.1) is 34.6 Å². The number of benzene rings is 3. The third-order valence-electron chi connectivity index (χ3n) is 6.27. The maximum absolute atomic E-state index is 6.00. The Bertz CT molecular complexity index is 1180. The van der Waals surface area contributed by atoms with Crippen LogP contribution in [0.3, 0.4) is 0 Å². The number of anilines is 1. The normalized spacial score (nSPS) is 13.1. The van der Waals surface area contributed by atoms with E-state index in [1.807, 2.05) is 30.3 Å². The molecule has 0 aliphatic carbocycles. The molecule has 34 heavy (non-hydrogen) atoms. The number of nitrogens with zero attached hydrogens (tertiary/aromatic N) is 2. The largest absolute Gasteiger partial charge is 0.490 e. The van der Waals surface area contributed by atoms with E-state index >= 15 is 0 Å². The Morgan fingerprint density at radius 2 is 1.41 bits per heavy atom. The van der Waals surface area contributed by atoms with Crippen LogP contribution >= 0.6 is 0 Å². The fraction of sp³-hybridized carbons (Fsp3) is 0.300. The third-order valence-corrected chi connectivity index (χ3v) is 6.27. The predicted molar refractivity (Wildman–Crippen MR) is 142 cm³/mol. The van der Waals surface area contributed by atoms with Crippen LogP contribution in [-0.2, 0) is 0 Å². The quantitative estimate of drug-likeness (QED) is 0.285. The minimum Gasteiger partial charge on any atom is -0.490 e. The van der Waals surface area contributed by atoms with Gasteiger partial charge < -0.3 is 9.47 Å². The summed E-state index contributed by atoms with van der Waals surface area (Å²) >= 11 is 0. The van der Waals surface area contributed by atoms with Gasteiger partial charge in [-0.25, -0.2) is 9.48 Å². The number of rotatable bonds is 8. The molecule has 1 aliphatic heterocycles. The van der Waals surface area contributed by atoms with Gasteiger partial charge in [-0.3, -0.25) is 0 Å². The van der Waals surface area contributed by atoms with Crippen LogP contribution in [0.1, 0.15) is 33.4 Å². The highest BCUT2D eigenvalue weighted by Gasteiger charge is 2.27.